The van der Waals surface area contributed by atoms with Crippen LogP contribution in [-0.2, 0) is 9.47 Å². The Morgan fingerprint density at radius 1 is 0.630 bits per heavy atom. The molecule has 0 spiro atoms. The van der Waals surface area contributed by atoms with Crippen molar-refractivity contribution in [2.45, 2.75) is 76.7 Å². The number of aromatic nitrogens is 2. The number of nitrogens with zero attached hydrogens (tertiary/aromatic N) is 4. The second kappa shape index (κ2) is 14.9. The Bertz CT molecular complexity index is 1990. The minimum absolute atomic E-state index is 0.0927. The highest BCUT2D eigenvalue weighted by atomic mass is 16.5. The van der Waals surface area contributed by atoms with Crippen LogP contribution in [-0.4, -0.2) is 70.0 Å². The van der Waals surface area contributed by atoms with Gasteiger partial charge in [-0.3, -0.25) is 19.8 Å². The molecule has 2 unspecified atom stereocenters. The van der Waals surface area contributed by atoms with E-state index in [1.807, 2.05) is 60.9 Å². The van der Waals surface area contributed by atoms with Crippen LogP contribution in [0.3, 0.4) is 0 Å². The van der Waals surface area contributed by atoms with Crippen molar-refractivity contribution in [2.75, 3.05) is 26.2 Å². The van der Waals surface area contributed by atoms with Crippen LogP contribution in [0, 0.1) is 23.7 Å². The van der Waals surface area contributed by atoms with Gasteiger partial charge in [-0.05, 0) is 111 Å². The van der Waals surface area contributed by atoms with Gasteiger partial charge in [0.2, 0.25) is 0 Å². The van der Waals surface area contributed by atoms with Crippen LogP contribution >= 0.6 is 0 Å². The number of hydrogen-bond donors (Lipinski definition) is 0. The van der Waals surface area contributed by atoms with Gasteiger partial charge in [-0.1, -0.05) is 63.1 Å². The quantitative estimate of drug-likeness (QED) is 0.132. The normalized spacial score (nSPS) is 28.5. The predicted octanol–water partition coefficient (Wildman–Crippen LogP) is 8.82. The number of pyridine rings is 2. The molecule has 8 heteroatoms. The van der Waals surface area contributed by atoms with Gasteiger partial charge in [0.05, 0.1) is 34.2 Å². The molecule has 6 saturated heterocycles. The van der Waals surface area contributed by atoms with E-state index >= 15 is 0 Å². The Kier molecular flexibility index (Phi) is 9.66. The van der Waals surface area contributed by atoms with E-state index in [9.17, 15) is 9.59 Å². The smallest absolute Gasteiger partial charge is 0.338 e. The van der Waals surface area contributed by atoms with Crippen LogP contribution in [0.25, 0.3) is 21.8 Å². The molecule has 0 aliphatic carbocycles. The summed E-state index contributed by atoms with van der Waals surface area (Å²) in [5, 5.41) is 2.02. The van der Waals surface area contributed by atoms with E-state index in [4.69, 9.17) is 9.47 Å². The number of hydrogen-bond acceptors (Lipinski definition) is 8. The summed E-state index contributed by atoms with van der Waals surface area (Å²) in [5.74, 6) is 1.84. The van der Waals surface area contributed by atoms with Gasteiger partial charge in [0.15, 0.2) is 0 Å². The Morgan fingerprint density at radius 3 is 1.44 bits per heavy atom. The van der Waals surface area contributed by atoms with Crippen molar-refractivity contribution >= 4 is 33.7 Å². The molecule has 11 rings (SSSR count). The first-order valence-corrected chi connectivity index (χ1v) is 20.2. The van der Waals surface area contributed by atoms with Gasteiger partial charge in [0.1, 0.15) is 12.2 Å². The molecular formula is C46H50N4O4. The van der Waals surface area contributed by atoms with Crippen LogP contribution in [0.5, 0.6) is 0 Å². The Hall–Kier alpha value is -4.66. The van der Waals surface area contributed by atoms with Gasteiger partial charge in [-0.15, -0.1) is 0 Å². The fraction of sp³-hybridized carbons (Fsp3) is 0.435. The molecule has 278 valence electrons. The zero-order valence-corrected chi connectivity index (χ0v) is 31.3. The summed E-state index contributed by atoms with van der Waals surface area (Å²) in [6, 6.07) is 27.2. The number of para-hydroxylation sites is 2. The highest BCUT2D eigenvalue weighted by Gasteiger charge is 2.46. The van der Waals surface area contributed by atoms with Gasteiger partial charge < -0.3 is 9.47 Å². The maximum atomic E-state index is 14.0. The van der Waals surface area contributed by atoms with Crippen molar-refractivity contribution in [3.8, 4) is 0 Å². The maximum Gasteiger partial charge on any atom is 0.338 e. The van der Waals surface area contributed by atoms with E-state index < -0.39 is 24.1 Å². The van der Waals surface area contributed by atoms with E-state index in [0.717, 1.165) is 72.0 Å². The molecule has 6 aliphatic rings. The zero-order chi connectivity index (χ0) is 36.8. The summed E-state index contributed by atoms with van der Waals surface area (Å²) in [6.45, 7) is 8.69. The second-order valence-corrected chi connectivity index (χ2v) is 16.1. The molecular weight excluding hydrogens is 673 g/mol. The fourth-order valence-corrected chi connectivity index (χ4v) is 10.5. The van der Waals surface area contributed by atoms with Crippen LogP contribution in [0.2, 0.25) is 0 Å². The van der Waals surface area contributed by atoms with Gasteiger partial charge in [0, 0.05) is 47.4 Å². The molecule has 0 radical (unpaired) electrons. The van der Waals surface area contributed by atoms with Crippen molar-refractivity contribution in [1.82, 2.24) is 19.8 Å². The lowest BCUT2D eigenvalue weighted by atomic mass is 9.72. The first-order valence-electron chi connectivity index (χ1n) is 20.2. The van der Waals surface area contributed by atoms with E-state index in [1.165, 1.54) is 25.7 Å². The van der Waals surface area contributed by atoms with E-state index in [1.54, 1.807) is 24.3 Å². The van der Waals surface area contributed by atoms with Gasteiger partial charge in [-0.2, -0.15) is 0 Å². The largest absolute Gasteiger partial charge is 0.452 e. The molecule has 3 aromatic carbocycles. The lowest BCUT2D eigenvalue weighted by Gasteiger charge is -2.51. The number of piperidine rings is 6. The van der Waals surface area contributed by atoms with Crippen molar-refractivity contribution in [2.24, 2.45) is 23.7 Å². The number of fused-ring (bicyclic) bond motifs is 8. The Balaban J connectivity index is 0.976. The molecule has 54 heavy (non-hydrogen) atoms. The van der Waals surface area contributed by atoms with Crippen LogP contribution in [0.1, 0.15) is 96.4 Å². The predicted molar refractivity (Wildman–Crippen MR) is 210 cm³/mol. The molecule has 6 aliphatic heterocycles. The molecule has 8 heterocycles. The fourth-order valence-electron chi connectivity index (χ4n) is 10.5. The lowest BCUT2D eigenvalue weighted by Crippen LogP contribution is -2.55. The highest BCUT2D eigenvalue weighted by Crippen LogP contribution is 2.46. The third kappa shape index (κ3) is 6.47. The van der Waals surface area contributed by atoms with Crippen molar-refractivity contribution in [3.63, 3.8) is 0 Å². The van der Waals surface area contributed by atoms with Gasteiger partial charge in [0.25, 0.3) is 0 Å². The van der Waals surface area contributed by atoms with Crippen molar-refractivity contribution in [1.29, 1.82) is 0 Å². The lowest BCUT2D eigenvalue weighted by molar-refractivity contribution is -0.0662. The molecule has 0 N–H and O–H groups in total. The van der Waals surface area contributed by atoms with E-state index in [-0.39, 0.29) is 12.1 Å². The zero-order valence-electron chi connectivity index (χ0n) is 31.3. The first kappa shape index (κ1) is 35.1. The minimum atomic E-state index is -0.445. The number of benzene rings is 3. The molecule has 6 fully saturated rings. The average Bonchev–Trinajstić information content (AvgIpc) is 3.24. The third-order valence-corrected chi connectivity index (χ3v) is 13.4. The third-order valence-electron chi connectivity index (χ3n) is 13.4. The molecule has 4 bridgehead atoms. The number of carbonyl (C=O) groups is 2. The monoisotopic (exact) mass is 722 g/mol. The van der Waals surface area contributed by atoms with Gasteiger partial charge >= 0.3 is 11.9 Å². The second-order valence-electron chi connectivity index (χ2n) is 16.1. The summed E-state index contributed by atoms with van der Waals surface area (Å²) < 4.78 is 13.1. The number of esters is 2. The summed E-state index contributed by atoms with van der Waals surface area (Å²) >= 11 is 0. The number of carbonyl (C=O) groups excluding carboxylic acids is 2. The summed E-state index contributed by atoms with van der Waals surface area (Å²) in [5.41, 5.74) is 4.59. The molecule has 8 nitrogen and oxygen atoms in total. The Labute approximate surface area is 317 Å². The average molecular weight is 723 g/mol. The molecule has 10 atom stereocenters. The molecule has 2 aromatic heterocycles. The van der Waals surface area contributed by atoms with E-state index in [0.29, 0.717) is 34.8 Å². The number of rotatable bonds is 10. The van der Waals surface area contributed by atoms with Gasteiger partial charge in [-0.25, -0.2) is 9.59 Å². The molecule has 0 saturated carbocycles. The SMILES string of the molecule is CC[C@H]1CN2CC[C@H]1C[C@H]2[C@H](OC(=O)c1ccc(C(=O)O[C@H](c2ccnc3ccccc23)[C@@H]2C[C@@H]3CCN2C[C@@H]3CC)cc1)c1ccnc2ccccc12. The van der Waals surface area contributed by atoms with Crippen LogP contribution < -0.4 is 0 Å². The molecule has 5 aromatic rings. The standard InChI is InChI=1S/C46H50N4O4/c1-3-29-27-49-23-19-33(29)25-41(49)43(37-17-21-47-39-11-7-5-9-35(37)39)53-45(51)31-13-15-32(16-14-31)46(52)54-44(38-18-22-48-40-12-8-6-10-36(38)40)42-26-34-20-24-50(42)28-30(34)4-2/h5-18,21-22,29-30,33-34,41-44H,3-4,19-20,23-28H2,1-2H3/t29-,30-,33-,34-,41-,42-,43+,44+/m0/s1. The first-order chi connectivity index (χ1) is 26.5. The van der Waals surface area contributed by atoms with Crippen LogP contribution in [0.4, 0.5) is 0 Å². The van der Waals surface area contributed by atoms with Crippen molar-refractivity contribution < 1.29 is 19.1 Å². The van der Waals surface area contributed by atoms with Crippen LogP contribution in [0.15, 0.2) is 97.3 Å². The summed E-state index contributed by atoms with van der Waals surface area (Å²) in [6.07, 6.45) is 9.50. The highest BCUT2D eigenvalue weighted by molar-refractivity contribution is 5.94. The Morgan fingerprint density at radius 2 is 1.06 bits per heavy atom. The van der Waals surface area contributed by atoms with Crippen molar-refractivity contribution in [3.05, 3.63) is 120 Å². The molecule has 0 amide bonds. The minimum Gasteiger partial charge on any atom is -0.452 e. The summed E-state index contributed by atoms with van der Waals surface area (Å²) in [7, 11) is 0. The maximum absolute atomic E-state index is 14.0. The number of ether oxygens (including phenoxy) is 2. The van der Waals surface area contributed by atoms with E-state index in [2.05, 4.69) is 45.7 Å². The topological polar surface area (TPSA) is 84.9 Å². The summed E-state index contributed by atoms with van der Waals surface area (Å²) in [4.78, 5) is 42.4.